The molecule has 0 saturated heterocycles. The minimum Gasteiger partial charge on any atom is -0.493 e. The number of benzene rings is 2. The van der Waals surface area contributed by atoms with Gasteiger partial charge in [0.2, 0.25) is 0 Å². The van der Waals surface area contributed by atoms with Crippen LogP contribution in [0.4, 0.5) is 0 Å². The minimum absolute atomic E-state index is 0.0680. The van der Waals surface area contributed by atoms with E-state index in [1.54, 1.807) is 38.5 Å². The summed E-state index contributed by atoms with van der Waals surface area (Å²) in [7, 11) is 3.23. The summed E-state index contributed by atoms with van der Waals surface area (Å²) in [6, 6.07) is 11.2. The summed E-state index contributed by atoms with van der Waals surface area (Å²) in [5, 5.41) is 2.96. The summed E-state index contributed by atoms with van der Waals surface area (Å²) in [6.45, 7) is 1.13. The molecule has 2 aromatic carbocycles. The normalized spacial score (nSPS) is 15.6. The summed E-state index contributed by atoms with van der Waals surface area (Å²) in [5.74, 6) is 1.18. The van der Waals surface area contributed by atoms with Crippen LogP contribution in [0.1, 0.15) is 44.7 Å². The van der Waals surface area contributed by atoms with Crippen molar-refractivity contribution in [3.05, 3.63) is 58.7 Å². The molecule has 6 heteroatoms. The summed E-state index contributed by atoms with van der Waals surface area (Å²) in [5.41, 5.74) is 3.29. The topological polar surface area (TPSA) is 67.9 Å². The summed E-state index contributed by atoms with van der Waals surface area (Å²) in [4.78, 5) is 27.1. The zero-order valence-corrected chi connectivity index (χ0v) is 16.2. The monoisotopic (exact) mass is 380 g/mol. The Labute approximate surface area is 164 Å². The molecule has 146 valence electrons. The Morgan fingerprint density at radius 3 is 2.36 bits per heavy atom. The number of fused-ring (bicyclic) bond motifs is 1. The number of nitrogens with one attached hydrogen (secondary N) is 1. The smallest absolute Gasteiger partial charge is 0.254 e. The van der Waals surface area contributed by atoms with Crippen LogP contribution in [0.2, 0.25) is 0 Å². The Kier molecular flexibility index (Phi) is 4.94. The number of rotatable bonds is 5. The van der Waals surface area contributed by atoms with Crippen LogP contribution in [0.3, 0.4) is 0 Å². The predicted molar refractivity (Wildman–Crippen MR) is 105 cm³/mol. The van der Waals surface area contributed by atoms with E-state index in [0.717, 1.165) is 24.8 Å². The highest BCUT2D eigenvalue weighted by atomic mass is 16.5. The molecule has 0 radical (unpaired) electrons. The summed E-state index contributed by atoms with van der Waals surface area (Å²) in [6.07, 6.45) is 2.82. The highest BCUT2D eigenvalue weighted by Crippen LogP contribution is 2.33. The van der Waals surface area contributed by atoms with E-state index in [1.165, 1.54) is 5.56 Å². The number of amides is 2. The van der Waals surface area contributed by atoms with Gasteiger partial charge in [-0.05, 0) is 60.7 Å². The molecule has 1 heterocycles. The quantitative estimate of drug-likeness (QED) is 0.866. The van der Waals surface area contributed by atoms with E-state index in [2.05, 4.69) is 5.32 Å². The van der Waals surface area contributed by atoms with Crippen molar-refractivity contribution < 1.29 is 19.1 Å². The average molecular weight is 380 g/mol. The Balaban J connectivity index is 1.52. The van der Waals surface area contributed by atoms with E-state index < -0.39 is 0 Å². The molecule has 0 unspecified atom stereocenters. The molecule has 1 aliphatic carbocycles. The molecule has 2 amide bonds. The highest BCUT2D eigenvalue weighted by molar-refractivity contribution is 6.00. The largest absolute Gasteiger partial charge is 0.493 e. The molecule has 2 aliphatic rings. The molecular formula is C22H24N2O4. The van der Waals surface area contributed by atoms with Crippen LogP contribution < -0.4 is 14.8 Å². The predicted octanol–water partition coefficient (Wildman–Crippen LogP) is 2.79. The Morgan fingerprint density at radius 2 is 1.68 bits per heavy atom. The van der Waals surface area contributed by atoms with Crippen molar-refractivity contribution in [3.8, 4) is 11.5 Å². The fraction of sp³-hybridized carbons (Fsp3) is 0.364. The molecule has 4 rings (SSSR count). The lowest BCUT2D eigenvalue weighted by molar-refractivity contribution is 0.0734. The first-order chi connectivity index (χ1) is 13.6. The summed E-state index contributed by atoms with van der Waals surface area (Å²) >= 11 is 0. The van der Waals surface area contributed by atoms with E-state index in [9.17, 15) is 9.59 Å². The van der Waals surface area contributed by atoms with Crippen molar-refractivity contribution >= 4 is 11.8 Å². The van der Waals surface area contributed by atoms with Gasteiger partial charge in [0.05, 0.1) is 14.2 Å². The number of methoxy groups -OCH3 is 2. The van der Waals surface area contributed by atoms with Crippen LogP contribution in [0.15, 0.2) is 36.4 Å². The first-order valence-corrected chi connectivity index (χ1v) is 9.53. The molecule has 1 N–H and O–H groups in total. The molecule has 0 aromatic heterocycles. The van der Waals surface area contributed by atoms with Gasteiger partial charge in [0.15, 0.2) is 11.5 Å². The van der Waals surface area contributed by atoms with Crippen molar-refractivity contribution in [1.29, 1.82) is 0 Å². The van der Waals surface area contributed by atoms with E-state index in [-0.39, 0.29) is 17.9 Å². The lowest BCUT2D eigenvalue weighted by atomic mass is 9.98. The van der Waals surface area contributed by atoms with Gasteiger partial charge in [-0.2, -0.15) is 0 Å². The molecular weight excluding hydrogens is 356 g/mol. The third kappa shape index (κ3) is 3.67. The molecule has 0 bridgehead atoms. The van der Waals surface area contributed by atoms with Gasteiger partial charge in [0, 0.05) is 30.3 Å². The van der Waals surface area contributed by atoms with Gasteiger partial charge in [-0.1, -0.05) is 6.07 Å². The first-order valence-electron chi connectivity index (χ1n) is 9.53. The summed E-state index contributed by atoms with van der Waals surface area (Å²) < 4.78 is 10.8. The number of hydrogen-bond acceptors (Lipinski definition) is 4. The zero-order valence-electron chi connectivity index (χ0n) is 16.2. The van der Waals surface area contributed by atoms with E-state index in [4.69, 9.17) is 9.47 Å². The van der Waals surface area contributed by atoms with Crippen LogP contribution in [0.5, 0.6) is 11.5 Å². The van der Waals surface area contributed by atoms with Crippen LogP contribution in [0.25, 0.3) is 0 Å². The van der Waals surface area contributed by atoms with Crippen molar-refractivity contribution in [2.75, 3.05) is 20.8 Å². The molecule has 1 fully saturated rings. The number of nitrogens with zero attached hydrogens (tertiary/aromatic N) is 1. The van der Waals surface area contributed by atoms with Crippen LogP contribution in [0, 0.1) is 0 Å². The van der Waals surface area contributed by atoms with Crippen molar-refractivity contribution in [2.24, 2.45) is 0 Å². The maximum atomic E-state index is 13.0. The number of ether oxygens (including phenoxy) is 2. The Bertz CT molecular complexity index is 921. The van der Waals surface area contributed by atoms with Gasteiger partial charge in [0.1, 0.15) is 0 Å². The standard InChI is InChI=1S/C22H24N2O4/c1-27-19-11-14-8-9-24(13-17(14)12-20(19)28-2)22(26)16-5-3-4-15(10-16)21(25)23-18-6-7-18/h3-5,10-12,18H,6-9,13H2,1-2H3,(H,23,25). The second-order valence-corrected chi connectivity index (χ2v) is 7.28. The maximum Gasteiger partial charge on any atom is 0.254 e. The van der Waals surface area contributed by atoms with Crippen molar-refractivity contribution in [3.63, 3.8) is 0 Å². The fourth-order valence-electron chi connectivity index (χ4n) is 3.53. The zero-order chi connectivity index (χ0) is 19.7. The lowest BCUT2D eigenvalue weighted by Gasteiger charge is -2.29. The molecule has 2 aromatic rings. The number of carbonyl (C=O) groups excluding carboxylic acids is 2. The van der Waals surface area contributed by atoms with Gasteiger partial charge in [-0.25, -0.2) is 0 Å². The SMILES string of the molecule is COc1cc2c(cc1OC)CN(C(=O)c1cccc(C(=O)NC3CC3)c1)CC2. The maximum absolute atomic E-state index is 13.0. The van der Waals surface area contributed by atoms with Crippen LogP contribution >= 0.6 is 0 Å². The lowest BCUT2D eigenvalue weighted by Crippen LogP contribution is -2.36. The third-order valence-electron chi connectivity index (χ3n) is 5.29. The molecule has 0 spiro atoms. The average Bonchev–Trinajstić information content (AvgIpc) is 3.55. The van der Waals surface area contributed by atoms with E-state index >= 15 is 0 Å². The Morgan fingerprint density at radius 1 is 1.00 bits per heavy atom. The molecule has 1 aliphatic heterocycles. The number of carbonyl (C=O) groups is 2. The first kappa shape index (κ1) is 18.3. The van der Waals surface area contributed by atoms with Crippen molar-refractivity contribution in [2.45, 2.75) is 31.8 Å². The van der Waals surface area contributed by atoms with Crippen LogP contribution in [-0.4, -0.2) is 43.5 Å². The van der Waals surface area contributed by atoms with Gasteiger partial charge in [0.25, 0.3) is 11.8 Å². The minimum atomic E-state index is -0.113. The second kappa shape index (κ2) is 7.54. The van der Waals surface area contributed by atoms with Gasteiger partial charge in [-0.3, -0.25) is 9.59 Å². The number of hydrogen-bond donors (Lipinski definition) is 1. The van der Waals surface area contributed by atoms with Crippen molar-refractivity contribution in [1.82, 2.24) is 10.2 Å². The van der Waals surface area contributed by atoms with Gasteiger partial charge < -0.3 is 19.7 Å². The molecule has 1 saturated carbocycles. The fourth-order valence-corrected chi connectivity index (χ4v) is 3.53. The van der Waals surface area contributed by atoms with E-state index in [0.29, 0.717) is 35.7 Å². The second-order valence-electron chi connectivity index (χ2n) is 7.28. The highest BCUT2D eigenvalue weighted by Gasteiger charge is 2.26. The van der Waals surface area contributed by atoms with Gasteiger partial charge >= 0.3 is 0 Å². The molecule has 6 nitrogen and oxygen atoms in total. The van der Waals surface area contributed by atoms with E-state index in [1.807, 2.05) is 17.0 Å². The van der Waals surface area contributed by atoms with Gasteiger partial charge in [-0.15, -0.1) is 0 Å². The van der Waals surface area contributed by atoms with Crippen LogP contribution in [-0.2, 0) is 13.0 Å². The third-order valence-corrected chi connectivity index (χ3v) is 5.29. The molecule has 0 atom stereocenters. The Hall–Kier alpha value is -3.02. The molecule has 28 heavy (non-hydrogen) atoms.